The third kappa shape index (κ3) is 2.69. The van der Waals surface area contributed by atoms with Gasteiger partial charge in [0, 0.05) is 0 Å². The van der Waals surface area contributed by atoms with Gasteiger partial charge in [-0.1, -0.05) is 12.1 Å². The van der Waals surface area contributed by atoms with Crippen LogP contribution in [0.25, 0.3) is 0 Å². The first-order chi connectivity index (χ1) is 9.49. The van der Waals surface area contributed by atoms with Crippen molar-refractivity contribution >= 4 is 11.9 Å². The molecule has 102 valence electrons. The molecule has 20 heavy (non-hydrogen) atoms. The van der Waals surface area contributed by atoms with E-state index in [1.165, 1.54) is 18.2 Å². The average molecular weight is 274 g/mol. The van der Waals surface area contributed by atoms with Crippen molar-refractivity contribution in [2.45, 2.75) is 0 Å². The van der Waals surface area contributed by atoms with Crippen LogP contribution in [0.2, 0.25) is 0 Å². The first-order valence-corrected chi connectivity index (χ1v) is 5.55. The van der Waals surface area contributed by atoms with E-state index in [2.05, 4.69) is 0 Å². The standard InChI is InChI=1S/C14H10O6/c15-11-3-1-2-4-12(11)20-8-5-6-9(13(16)17)10(7-8)14(18)19/h1-7,15H,(H,16,17)(H,18,19). The highest BCUT2D eigenvalue weighted by molar-refractivity contribution is 6.02. The second-order valence-electron chi connectivity index (χ2n) is 3.89. The molecule has 2 aromatic rings. The number of carboxylic acid groups (broad SMARTS) is 2. The minimum Gasteiger partial charge on any atom is -0.504 e. The van der Waals surface area contributed by atoms with Crippen LogP contribution in [0.1, 0.15) is 20.7 Å². The quantitative estimate of drug-likeness (QED) is 0.791. The molecular weight excluding hydrogens is 264 g/mol. The molecule has 0 atom stereocenters. The van der Waals surface area contributed by atoms with Gasteiger partial charge in [-0.2, -0.15) is 0 Å². The smallest absolute Gasteiger partial charge is 0.336 e. The Balaban J connectivity index is 2.40. The minimum absolute atomic E-state index is 0.105. The summed E-state index contributed by atoms with van der Waals surface area (Å²) >= 11 is 0. The number of carbonyl (C=O) groups is 2. The van der Waals surface area contributed by atoms with Crippen LogP contribution in [-0.4, -0.2) is 27.3 Å². The molecule has 0 amide bonds. The summed E-state index contributed by atoms with van der Waals surface area (Å²) in [6, 6.07) is 9.72. The Bertz CT molecular complexity index is 677. The average Bonchev–Trinajstić information content (AvgIpc) is 2.41. The summed E-state index contributed by atoms with van der Waals surface area (Å²) in [5, 5.41) is 27.4. The Labute approximate surface area is 113 Å². The molecule has 0 aliphatic rings. The Morgan fingerprint density at radius 1 is 0.900 bits per heavy atom. The van der Waals surface area contributed by atoms with Crippen LogP contribution in [-0.2, 0) is 0 Å². The third-order valence-corrected chi connectivity index (χ3v) is 2.54. The molecule has 0 heterocycles. The maximum absolute atomic E-state index is 11.0. The summed E-state index contributed by atoms with van der Waals surface area (Å²) in [5.74, 6) is -2.55. The van der Waals surface area contributed by atoms with Gasteiger partial charge in [0.25, 0.3) is 0 Å². The maximum atomic E-state index is 11.0. The molecule has 0 bridgehead atoms. The fourth-order valence-corrected chi connectivity index (χ4v) is 1.62. The molecule has 0 saturated heterocycles. The van der Waals surface area contributed by atoms with Crippen LogP contribution >= 0.6 is 0 Å². The van der Waals surface area contributed by atoms with Crippen LogP contribution in [0.5, 0.6) is 17.2 Å². The summed E-state index contributed by atoms with van der Waals surface area (Å²) in [5.41, 5.74) is -0.715. The lowest BCUT2D eigenvalue weighted by atomic mass is 10.1. The summed E-state index contributed by atoms with van der Waals surface area (Å²) in [4.78, 5) is 21.9. The maximum Gasteiger partial charge on any atom is 0.336 e. The minimum atomic E-state index is -1.37. The van der Waals surface area contributed by atoms with Gasteiger partial charge >= 0.3 is 11.9 Å². The first-order valence-electron chi connectivity index (χ1n) is 5.55. The zero-order valence-corrected chi connectivity index (χ0v) is 10.1. The van der Waals surface area contributed by atoms with Crippen LogP contribution in [0.4, 0.5) is 0 Å². The van der Waals surface area contributed by atoms with Crippen molar-refractivity contribution in [3.8, 4) is 17.2 Å². The summed E-state index contributed by atoms with van der Waals surface area (Å²) in [7, 11) is 0. The Kier molecular flexibility index (Phi) is 3.56. The second kappa shape index (κ2) is 5.31. The van der Waals surface area contributed by atoms with Crippen LogP contribution < -0.4 is 4.74 Å². The lowest BCUT2D eigenvalue weighted by Gasteiger charge is -2.09. The molecule has 2 aromatic carbocycles. The Morgan fingerprint density at radius 3 is 2.15 bits per heavy atom. The second-order valence-corrected chi connectivity index (χ2v) is 3.89. The molecule has 6 heteroatoms. The van der Waals surface area contributed by atoms with Crippen molar-refractivity contribution < 1.29 is 29.6 Å². The van der Waals surface area contributed by atoms with Gasteiger partial charge in [0.2, 0.25) is 0 Å². The summed E-state index contributed by atoms with van der Waals surface area (Å²) in [6.45, 7) is 0. The number of carboxylic acids is 2. The van der Waals surface area contributed by atoms with Gasteiger partial charge in [-0.05, 0) is 30.3 Å². The number of ether oxygens (including phenoxy) is 1. The number of benzene rings is 2. The molecule has 0 aromatic heterocycles. The van der Waals surface area contributed by atoms with Crippen LogP contribution in [0, 0.1) is 0 Å². The summed E-state index contributed by atoms with van der Waals surface area (Å²) < 4.78 is 5.33. The highest BCUT2D eigenvalue weighted by Crippen LogP contribution is 2.30. The summed E-state index contributed by atoms with van der Waals surface area (Å²) in [6.07, 6.45) is 0. The number of phenols is 1. The van der Waals surface area contributed by atoms with E-state index in [0.29, 0.717) is 0 Å². The number of hydrogen-bond acceptors (Lipinski definition) is 4. The van der Waals surface area contributed by atoms with Gasteiger partial charge in [-0.3, -0.25) is 0 Å². The van der Waals surface area contributed by atoms with Crippen molar-refractivity contribution in [1.82, 2.24) is 0 Å². The van der Waals surface area contributed by atoms with Crippen LogP contribution in [0.3, 0.4) is 0 Å². The topological polar surface area (TPSA) is 104 Å². The van der Waals surface area contributed by atoms with E-state index in [-0.39, 0.29) is 28.4 Å². The van der Waals surface area contributed by atoms with E-state index in [9.17, 15) is 14.7 Å². The van der Waals surface area contributed by atoms with Gasteiger partial charge in [-0.25, -0.2) is 9.59 Å². The van der Waals surface area contributed by atoms with E-state index in [0.717, 1.165) is 12.1 Å². The zero-order chi connectivity index (χ0) is 14.7. The van der Waals surface area contributed by atoms with Crippen molar-refractivity contribution in [3.05, 3.63) is 53.6 Å². The monoisotopic (exact) mass is 274 g/mol. The normalized spacial score (nSPS) is 10.0. The molecule has 0 unspecified atom stereocenters. The van der Waals surface area contributed by atoms with Gasteiger partial charge in [0.05, 0.1) is 11.1 Å². The molecule has 0 aliphatic carbocycles. The largest absolute Gasteiger partial charge is 0.504 e. The fraction of sp³-hybridized carbons (Fsp3) is 0. The van der Waals surface area contributed by atoms with Gasteiger partial charge in [0.1, 0.15) is 5.75 Å². The molecule has 0 radical (unpaired) electrons. The van der Waals surface area contributed by atoms with Crippen molar-refractivity contribution in [3.63, 3.8) is 0 Å². The number of aromatic carboxylic acids is 2. The fourth-order valence-electron chi connectivity index (χ4n) is 1.62. The predicted molar refractivity (Wildman–Crippen MR) is 68.5 cm³/mol. The highest BCUT2D eigenvalue weighted by atomic mass is 16.5. The SMILES string of the molecule is O=C(O)c1ccc(Oc2ccccc2O)cc1C(=O)O. The molecule has 6 nitrogen and oxygen atoms in total. The Morgan fingerprint density at radius 2 is 1.55 bits per heavy atom. The number of aromatic hydroxyl groups is 1. The molecule has 0 fully saturated rings. The molecule has 2 rings (SSSR count). The molecular formula is C14H10O6. The highest BCUT2D eigenvalue weighted by Gasteiger charge is 2.17. The molecule has 0 aliphatic heterocycles. The lowest BCUT2D eigenvalue weighted by Crippen LogP contribution is -2.07. The van der Waals surface area contributed by atoms with Gasteiger partial charge in [0.15, 0.2) is 11.5 Å². The number of hydrogen-bond donors (Lipinski definition) is 3. The van der Waals surface area contributed by atoms with E-state index in [4.69, 9.17) is 14.9 Å². The van der Waals surface area contributed by atoms with Gasteiger partial charge < -0.3 is 20.1 Å². The predicted octanol–water partition coefficient (Wildman–Crippen LogP) is 2.58. The van der Waals surface area contributed by atoms with E-state index in [1.807, 2.05) is 0 Å². The molecule has 0 saturated carbocycles. The van der Waals surface area contributed by atoms with E-state index < -0.39 is 11.9 Å². The zero-order valence-electron chi connectivity index (χ0n) is 10.1. The van der Waals surface area contributed by atoms with Crippen molar-refractivity contribution in [2.24, 2.45) is 0 Å². The van der Waals surface area contributed by atoms with Crippen molar-refractivity contribution in [1.29, 1.82) is 0 Å². The third-order valence-electron chi connectivity index (χ3n) is 2.54. The molecule has 0 spiro atoms. The number of para-hydroxylation sites is 2. The number of phenolic OH excluding ortho intramolecular Hbond substituents is 1. The van der Waals surface area contributed by atoms with Gasteiger partial charge in [-0.15, -0.1) is 0 Å². The van der Waals surface area contributed by atoms with E-state index >= 15 is 0 Å². The van der Waals surface area contributed by atoms with E-state index in [1.54, 1.807) is 12.1 Å². The van der Waals surface area contributed by atoms with Crippen molar-refractivity contribution in [2.75, 3.05) is 0 Å². The Hall–Kier alpha value is -3.02. The molecule has 3 N–H and O–H groups in total. The van der Waals surface area contributed by atoms with Crippen LogP contribution in [0.15, 0.2) is 42.5 Å². The lowest BCUT2D eigenvalue weighted by molar-refractivity contribution is 0.0651. The first kappa shape index (κ1) is 13.4. The number of rotatable bonds is 4.